The number of aromatic nitrogens is 1. The van der Waals surface area contributed by atoms with E-state index in [1.807, 2.05) is 0 Å². The summed E-state index contributed by atoms with van der Waals surface area (Å²) in [6.07, 6.45) is 6.69. The number of hydrogen-bond donors (Lipinski definition) is 3. The third-order valence-corrected chi connectivity index (χ3v) is 4.74. The number of halogens is 1. The predicted octanol–water partition coefficient (Wildman–Crippen LogP) is 1.11. The van der Waals surface area contributed by atoms with Gasteiger partial charge in [-0.3, -0.25) is 5.41 Å². The van der Waals surface area contributed by atoms with Crippen LogP contribution in [0.4, 0.5) is 0 Å². The van der Waals surface area contributed by atoms with Crippen LogP contribution in [0.3, 0.4) is 0 Å². The Bertz CT molecular complexity index is 782. The lowest BCUT2D eigenvalue weighted by Crippen LogP contribution is -2.52. The van der Waals surface area contributed by atoms with Crippen LogP contribution in [0, 0.1) is 23.7 Å². The molecule has 0 spiro atoms. The highest BCUT2D eigenvalue weighted by Gasteiger charge is 2.50. The molecule has 2 heterocycles. The van der Waals surface area contributed by atoms with Crippen molar-refractivity contribution in [1.29, 1.82) is 5.41 Å². The van der Waals surface area contributed by atoms with E-state index in [0.29, 0.717) is 12.0 Å². The Labute approximate surface area is 166 Å². The quantitative estimate of drug-likeness (QED) is 0.181. The monoisotopic (exact) mass is 409 g/mol. The molecule has 1 saturated heterocycles. The lowest BCUT2D eigenvalue weighted by molar-refractivity contribution is -0.188. The van der Waals surface area contributed by atoms with Gasteiger partial charge in [0, 0.05) is 26.1 Å². The molecule has 1 aromatic heterocycles. The first-order valence-electron chi connectivity index (χ1n) is 8.28. The fourth-order valence-corrected chi connectivity index (χ4v) is 3.08. The van der Waals surface area contributed by atoms with Gasteiger partial charge in [0.1, 0.15) is 11.4 Å². The van der Waals surface area contributed by atoms with E-state index in [4.69, 9.17) is 32.9 Å². The number of terminal acetylenes is 1. The third kappa shape index (κ3) is 4.59. The largest absolute Gasteiger partial charge is 0.479 e. The number of carboxylic acid groups (broad SMARTS) is 2. The van der Waals surface area contributed by atoms with Gasteiger partial charge in [-0.15, -0.1) is 12.3 Å². The average Bonchev–Trinajstić information content (AvgIpc) is 3.07. The second kappa shape index (κ2) is 9.01. The molecular formula is C18H20ClN3O6. The van der Waals surface area contributed by atoms with Crippen LogP contribution in [0.15, 0.2) is 18.3 Å². The molecule has 2 rings (SSSR count). The Kier molecular flexibility index (Phi) is 6.96. The summed E-state index contributed by atoms with van der Waals surface area (Å²) in [4.78, 5) is 29.0. The first kappa shape index (κ1) is 21.6. The van der Waals surface area contributed by atoms with E-state index in [0.717, 1.165) is 6.34 Å². The van der Waals surface area contributed by atoms with Gasteiger partial charge in [-0.2, -0.15) is 0 Å². The predicted molar refractivity (Wildman–Crippen MR) is 99.1 cm³/mol. The van der Waals surface area contributed by atoms with Gasteiger partial charge in [-0.1, -0.05) is 11.6 Å². The molecular weight excluding hydrogens is 390 g/mol. The molecule has 1 aromatic rings. The van der Waals surface area contributed by atoms with Crippen molar-refractivity contribution in [3.63, 3.8) is 0 Å². The van der Waals surface area contributed by atoms with Crippen LogP contribution in [0.1, 0.15) is 12.0 Å². The van der Waals surface area contributed by atoms with Crippen molar-refractivity contribution < 1.29 is 29.3 Å². The molecule has 28 heavy (non-hydrogen) atoms. The lowest BCUT2D eigenvalue weighted by atomic mass is 9.94. The first-order chi connectivity index (χ1) is 13.2. The fraction of sp³-hybridized carbons (Fsp3) is 0.444. The molecule has 0 bridgehead atoms. The molecule has 0 radical (unpaired) electrons. The Balaban J connectivity index is 2.21. The lowest BCUT2D eigenvalue weighted by Gasteiger charge is -2.28. The Hall–Kier alpha value is -2.67. The van der Waals surface area contributed by atoms with E-state index in [2.05, 4.69) is 10.9 Å². The van der Waals surface area contributed by atoms with Gasteiger partial charge >= 0.3 is 11.9 Å². The van der Waals surface area contributed by atoms with E-state index in [-0.39, 0.29) is 11.8 Å². The number of carbonyl (C=O) groups is 2. The van der Waals surface area contributed by atoms with Crippen molar-refractivity contribution in [1.82, 2.24) is 9.88 Å². The van der Waals surface area contributed by atoms with Gasteiger partial charge in [0.2, 0.25) is 0 Å². The Morgan fingerprint density at radius 3 is 2.79 bits per heavy atom. The summed E-state index contributed by atoms with van der Waals surface area (Å²) >= 11 is 5.80. The zero-order chi connectivity index (χ0) is 20.9. The zero-order valence-electron chi connectivity index (χ0n) is 15.0. The minimum absolute atomic E-state index is 0.103. The zero-order valence-corrected chi connectivity index (χ0v) is 15.8. The second-order valence-corrected chi connectivity index (χ2v) is 6.73. The highest BCUT2D eigenvalue weighted by Crippen LogP contribution is 2.30. The van der Waals surface area contributed by atoms with E-state index >= 15 is 0 Å². The summed E-state index contributed by atoms with van der Waals surface area (Å²) in [5.74, 6) is -1.18. The van der Waals surface area contributed by atoms with Crippen LogP contribution in [-0.2, 0) is 25.5 Å². The Morgan fingerprint density at radius 1 is 1.57 bits per heavy atom. The van der Waals surface area contributed by atoms with Gasteiger partial charge in [0.15, 0.2) is 0 Å². The van der Waals surface area contributed by atoms with Crippen molar-refractivity contribution in [2.75, 3.05) is 13.7 Å². The van der Waals surface area contributed by atoms with Crippen LogP contribution >= 0.6 is 11.6 Å². The SMILES string of the molecule is C#CC1CC(N(C)C=N)OC1COC(Cc1ccnc(Cl)c1)(C(=O)O)C(=O)O. The molecule has 0 amide bonds. The molecule has 3 N–H and O–H groups in total. The summed E-state index contributed by atoms with van der Waals surface area (Å²) in [7, 11) is 1.64. The topological polar surface area (TPSA) is 133 Å². The average molecular weight is 410 g/mol. The minimum atomic E-state index is -2.54. The van der Waals surface area contributed by atoms with Gasteiger partial charge in [0.05, 0.1) is 25.0 Å². The van der Waals surface area contributed by atoms with Crippen molar-refractivity contribution in [2.45, 2.75) is 30.8 Å². The summed E-state index contributed by atoms with van der Waals surface area (Å²) < 4.78 is 11.1. The Morgan fingerprint density at radius 2 is 2.25 bits per heavy atom. The maximum Gasteiger partial charge on any atom is 0.348 e. The minimum Gasteiger partial charge on any atom is -0.479 e. The molecule has 0 saturated carbocycles. The molecule has 9 nitrogen and oxygen atoms in total. The van der Waals surface area contributed by atoms with Gasteiger partial charge in [-0.25, -0.2) is 14.6 Å². The van der Waals surface area contributed by atoms with Gasteiger partial charge in [-0.05, 0) is 17.7 Å². The molecule has 1 aliphatic heterocycles. The molecule has 10 heteroatoms. The maximum atomic E-state index is 11.9. The fourth-order valence-electron chi connectivity index (χ4n) is 2.88. The van der Waals surface area contributed by atoms with Crippen molar-refractivity contribution in [2.24, 2.45) is 5.92 Å². The number of nitrogens with zero attached hydrogens (tertiary/aromatic N) is 2. The number of nitrogens with one attached hydrogen (secondary N) is 1. The van der Waals surface area contributed by atoms with Gasteiger partial charge < -0.3 is 24.6 Å². The van der Waals surface area contributed by atoms with Gasteiger partial charge in [0.25, 0.3) is 5.60 Å². The molecule has 1 fully saturated rings. The van der Waals surface area contributed by atoms with Crippen LogP contribution in [0.2, 0.25) is 5.15 Å². The normalized spacial score (nSPS) is 21.7. The van der Waals surface area contributed by atoms with E-state index in [9.17, 15) is 19.8 Å². The van der Waals surface area contributed by atoms with E-state index in [1.54, 1.807) is 7.05 Å². The van der Waals surface area contributed by atoms with Crippen LogP contribution in [-0.4, -0.2) is 70.0 Å². The van der Waals surface area contributed by atoms with Crippen LogP contribution in [0.25, 0.3) is 0 Å². The summed E-state index contributed by atoms with van der Waals surface area (Å²) in [6, 6.07) is 2.83. The summed E-state index contributed by atoms with van der Waals surface area (Å²) in [6.45, 7) is -0.339. The van der Waals surface area contributed by atoms with Crippen LogP contribution < -0.4 is 0 Å². The summed E-state index contributed by atoms with van der Waals surface area (Å²) in [5, 5.41) is 26.6. The number of rotatable bonds is 9. The van der Waals surface area contributed by atoms with Crippen molar-refractivity contribution in [3.8, 4) is 12.3 Å². The molecule has 3 unspecified atom stereocenters. The smallest absolute Gasteiger partial charge is 0.348 e. The molecule has 3 atom stereocenters. The van der Waals surface area contributed by atoms with E-state index in [1.165, 1.54) is 23.2 Å². The molecule has 1 aliphatic rings. The number of pyridine rings is 1. The molecule has 0 aliphatic carbocycles. The number of ether oxygens (including phenoxy) is 2. The number of aliphatic carboxylic acids is 2. The third-order valence-electron chi connectivity index (χ3n) is 4.54. The highest BCUT2D eigenvalue weighted by molar-refractivity contribution is 6.29. The second-order valence-electron chi connectivity index (χ2n) is 6.34. The number of hydrogen-bond acceptors (Lipinski definition) is 6. The first-order valence-corrected chi connectivity index (χ1v) is 8.66. The molecule has 0 aromatic carbocycles. The highest BCUT2D eigenvalue weighted by atomic mass is 35.5. The van der Waals surface area contributed by atoms with Crippen molar-refractivity contribution >= 4 is 29.9 Å². The van der Waals surface area contributed by atoms with Crippen LogP contribution in [0.5, 0.6) is 0 Å². The maximum absolute atomic E-state index is 11.9. The van der Waals surface area contributed by atoms with E-state index < -0.39 is 42.2 Å². The number of carboxylic acids is 2. The standard InChI is InChI=1S/C18H20ClN3O6/c1-3-12-7-15(22(2)10-20)28-13(12)9-27-18(16(23)24,17(25)26)8-11-4-5-21-14(19)6-11/h1,4-6,10,12-13,15,20H,7-9H2,2H3,(H,23,24)(H,25,26). The van der Waals surface area contributed by atoms with Crippen molar-refractivity contribution in [3.05, 3.63) is 29.0 Å². The molecule has 150 valence electrons. The summed E-state index contributed by atoms with van der Waals surface area (Å²) in [5.41, 5.74) is -2.20.